The molecule has 0 aliphatic heterocycles. The summed E-state index contributed by atoms with van der Waals surface area (Å²) in [6.45, 7) is 6.02. The van der Waals surface area contributed by atoms with Crippen LogP contribution < -0.4 is 5.32 Å². The first-order chi connectivity index (χ1) is 9.81. The molecule has 0 unspecified atom stereocenters. The van der Waals surface area contributed by atoms with Gasteiger partial charge < -0.3 is 5.32 Å². The molecular formula is C14H15N5O2. The first-order valence-corrected chi connectivity index (χ1v) is 6.32. The number of nitro groups is 1. The summed E-state index contributed by atoms with van der Waals surface area (Å²) in [7, 11) is 0. The molecule has 0 aliphatic carbocycles. The van der Waals surface area contributed by atoms with Crippen LogP contribution in [0.2, 0.25) is 0 Å². The van der Waals surface area contributed by atoms with Gasteiger partial charge in [0.15, 0.2) is 0 Å². The summed E-state index contributed by atoms with van der Waals surface area (Å²) in [6.07, 6.45) is 3.38. The van der Waals surface area contributed by atoms with Crippen molar-refractivity contribution in [2.45, 2.75) is 26.3 Å². The molecule has 2 rings (SSSR count). The maximum Gasteiger partial charge on any atom is 0.293 e. The topological polar surface area (TPSA) is 96.8 Å². The zero-order valence-corrected chi connectivity index (χ0v) is 12.0. The number of nitrogens with one attached hydrogen (secondary N) is 1. The molecule has 1 aromatic heterocycles. The summed E-state index contributed by atoms with van der Waals surface area (Å²) in [5.74, 6) is 0. The van der Waals surface area contributed by atoms with Crippen molar-refractivity contribution in [1.29, 1.82) is 5.26 Å². The van der Waals surface area contributed by atoms with Crippen LogP contribution in [-0.2, 0) is 5.54 Å². The fourth-order valence-corrected chi connectivity index (χ4v) is 1.77. The summed E-state index contributed by atoms with van der Waals surface area (Å²) < 4.78 is 1.77. The van der Waals surface area contributed by atoms with Gasteiger partial charge in [-0.3, -0.25) is 14.8 Å². The molecule has 7 heteroatoms. The maximum atomic E-state index is 11.1. The monoisotopic (exact) mass is 285 g/mol. The van der Waals surface area contributed by atoms with Crippen LogP contribution in [0.25, 0.3) is 0 Å². The van der Waals surface area contributed by atoms with Gasteiger partial charge in [-0.05, 0) is 32.9 Å². The van der Waals surface area contributed by atoms with Crippen molar-refractivity contribution in [2.75, 3.05) is 5.32 Å². The molecule has 0 radical (unpaired) electrons. The highest BCUT2D eigenvalue weighted by atomic mass is 16.6. The Morgan fingerprint density at radius 2 is 2.14 bits per heavy atom. The van der Waals surface area contributed by atoms with E-state index < -0.39 is 4.92 Å². The highest BCUT2D eigenvalue weighted by Crippen LogP contribution is 2.29. The number of nitrogens with zero attached hydrogens (tertiary/aromatic N) is 4. The standard InChI is InChI=1S/C14H15N5O2/c1-14(2,3)18-9-11(8-16-18)17-12-5-4-10(7-15)6-13(12)19(20)21/h4-6,8-9,17H,1-3H3. The third-order valence-electron chi connectivity index (χ3n) is 2.87. The molecule has 0 bridgehead atoms. The number of nitriles is 1. The summed E-state index contributed by atoms with van der Waals surface area (Å²) in [6, 6.07) is 6.19. The molecule has 0 aliphatic rings. The van der Waals surface area contributed by atoms with Gasteiger partial charge in [0.1, 0.15) is 5.69 Å². The van der Waals surface area contributed by atoms with E-state index in [2.05, 4.69) is 10.4 Å². The van der Waals surface area contributed by atoms with Gasteiger partial charge in [0.05, 0.1) is 34.0 Å². The Hall–Kier alpha value is -2.88. The molecule has 0 saturated heterocycles. The average Bonchev–Trinajstić information content (AvgIpc) is 2.87. The first-order valence-electron chi connectivity index (χ1n) is 6.32. The Morgan fingerprint density at radius 3 is 2.67 bits per heavy atom. The quantitative estimate of drug-likeness (QED) is 0.690. The molecule has 7 nitrogen and oxygen atoms in total. The number of hydrogen-bond acceptors (Lipinski definition) is 5. The Bertz CT molecular complexity index is 722. The van der Waals surface area contributed by atoms with E-state index in [4.69, 9.17) is 5.26 Å². The van der Waals surface area contributed by atoms with Crippen molar-refractivity contribution in [2.24, 2.45) is 0 Å². The Morgan fingerprint density at radius 1 is 1.43 bits per heavy atom. The van der Waals surface area contributed by atoms with E-state index in [1.807, 2.05) is 26.8 Å². The SMILES string of the molecule is CC(C)(C)n1cc(Nc2ccc(C#N)cc2[N+](=O)[O-])cn1. The fraction of sp³-hybridized carbons (Fsp3) is 0.286. The van der Waals surface area contributed by atoms with E-state index in [-0.39, 0.29) is 16.8 Å². The third kappa shape index (κ3) is 3.17. The Labute approximate surface area is 122 Å². The van der Waals surface area contributed by atoms with Crippen LogP contribution in [0.3, 0.4) is 0 Å². The first kappa shape index (κ1) is 14.5. The van der Waals surface area contributed by atoms with E-state index >= 15 is 0 Å². The van der Waals surface area contributed by atoms with Gasteiger partial charge in [0.25, 0.3) is 5.69 Å². The molecule has 0 fully saturated rings. The predicted octanol–water partition coefficient (Wildman–Crippen LogP) is 3.16. The normalized spacial score (nSPS) is 11.0. The van der Waals surface area contributed by atoms with Crippen LogP contribution in [-0.4, -0.2) is 14.7 Å². The minimum atomic E-state index is -0.517. The van der Waals surface area contributed by atoms with E-state index in [1.165, 1.54) is 18.2 Å². The van der Waals surface area contributed by atoms with E-state index in [0.29, 0.717) is 11.4 Å². The maximum absolute atomic E-state index is 11.1. The Balaban J connectivity index is 2.34. The largest absolute Gasteiger partial charge is 0.347 e. The van der Waals surface area contributed by atoms with Crippen LogP contribution in [0.5, 0.6) is 0 Å². The second-order valence-corrected chi connectivity index (χ2v) is 5.57. The molecular weight excluding hydrogens is 270 g/mol. The number of nitro benzene ring substituents is 1. The van der Waals surface area contributed by atoms with Gasteiger partial charge >= 0.3 is 0 Å². The number of rotatable bonds is 3. The molecule has 2 aromatic rings. The van der Waals surface area contributed by atoms with E-state index in [0.717, 1.165) is 0 Å². The number of hydrogen-bond donors (Lipinski definition) is 1. The lowest BCUT2D eigenvalue weighted by molar-refractivity contribution is -0.383. The summed E-state index contributed by atoms with van der Waals surface area (Å²) >= 11 is 0. The molecule has 21 heavy (non-hydrogen) atoms. The van der Waals surface area contributed by atoms with Crippen LogP contribution in [0.4, 0.5) is 17.1 Å². The second-order valence-electron chi connectivity index (χ2n) is 5.57. The lowest BCUT2D eigenvalue weighted by Crippen LogP contribution is -2.21. The van der Waals surface area contributed by atoms with Crippen molar-refractivity contribution >= 4 is 17.1 Å². The average molecular weight is 285 g/mol. The molecule has 0 saturated carbocycles. The molecule has 1 N–H and O–H groups in total. The van der Waals surface area contributed by atoms with Crippen LogP contribution in [0.1, 0.15) is 26.3 Å². The fourth-order valence-electron chi connectivity index (χ4n) is 1.77. The van der Waals surface area contributed by atoms with Crippen molar-refractivity contribution in [3.05, 3.63) is 46.3 Å². The summed E-state index contributed by atoms with van der Waals surface area (Å²) in [5.41, 5.74) is 0.914. The zero-order valence-electron chi connectivity index (χ0n) is 12.0. The van der Waals surface area contributed by atoms with Gasteiger partial charge in [-0.1, -0.05) is 0 Å². The lowest BCUT2D eigenvalue weighted by atomic mass is 10.1. The zero-order chi connectivity index (χ0) is 15.6. The number of aromatic nitrogens is 2. The number of anilines is 2. The van der Waals surface area contributed by atoms with Gasteiger partial charge in [-0.2, -0.15) is 10.4 Å². The minimum absolute atomic E-state index is 0.141. The van der Waals surface area contributed by atoms with Gasteiger partial charge in [0, 0.05) is 12.3 Å². The smallest absolute Gasteiger partial charge is 0.293 e. The molecule has 1 aromatic carbocycles. The minimum Gasteiger partial charge on any atom is -0.347 e. The molecule has 0 atom stereocenters. The molecule has 0 spiro atoms. The number of benzene rings is 1. The van der Waals surface area contributed by atoms with Crippen molar-refractivity contribution in [3.8, 4) is 6.07 Å². The molecule has 0 amide bonds. The molecule has 108 valence electrons. The van der Waals surface area contributed by atoms with Crippen molar-refractivity contribution in [3.63, 3.8) is 0 Å². The van der Waals surface area contributed by atoms with Crippen LogP contribution in [0.15, 0.2) is 30.6 Å². The highest BCUT2D eigenvalue weighted by Gasteiger charge is 2.17. The molecule has 1 heterocycles. The van der Waals surface area contributed by atoms with Gasteiger partial charge in [-0.15, -0.1) is 0 Å². The second kappa shape index (κ2) is 5.25. The lowest BCUT2D eigenvalue weighted by Gasteiger charge is -2.18. The van der Waals surface area contributed by atoms with Crippen molar-refractivity contribution in [1.82, 2.24) is 9.78 Å². The summed E-state index contributed by atoms with van der Waals surface area (Å²) in [5, 5.41) is 27.1. The van der Waals surface area contributed by atoms with Crippen molar-refractivity contribution < 1.29 is 4.92 Å². The highest BCUT2D eigenvalue weighted by molar-refractivity contribution is 5.70. The van der Waals surface area contributed by atoms with Crippen LogP contribution >= 0.6 is 0 Å². The van der Waals surface area contributed by atoms with E-state index in [9.17, 15) is 10.1 Å². The van der Waals surface area contributed by atoms with Crippen LogP contribution in [0, 0.1) is 21.4 Å². The van der Waals surface area contributed by atoms with Gasteiger partial charge in [0.2, 0.25) is 0 Å². The predicted molar refractivity (Wildman–Crippen MR) is 78.3 cm³/mol. The van der Waals surface area contributed by atoms with E-state index in [1.54, 1.807) is 17.1 Å². The van der Waals surface area contributed by atoms with Gasteiger partial charge in [-0.25, -0.2) is 0 Å². The summed E-state index contributed by atoms with van der Waals surface area (Å²) in [4.78, 5) is 10.6. The third-order valence-corrected chi connectivity index (χ3v) is 2.87. The Kier molecular flexibility index (Phi) is 3.63.